The minimum absolute atomic E-state index is 0.0447. The summed E-state index contributed by atoms with van der Waals surface area (Å²) in [6, 6.07) is 10.6. The van der Waals surface area contributed by atoms with Crippen molar-refractivity contribution in [1.29, 1.82) is 0 Å². The van der Waals surface area contributed by atoms with Crippen LogP contribution in [0.2, 0.25) is 0 Å². The summed E-state index contributed by atoms with van der Waals surface area (Å²) in [5, 5.41) is 5.08. The molecule has 0 fully saturated rings. The van der Waals surface area contributed by atoms with Crippen molar-refractivity contribution in [2.45, 2.75) is 32.7 Å². The largest absolute Gasteiger partial charge is 0.483 e. The highest BCUT2D eigenvalue weighted by Gasteiger charge is 2.20. The molecule has 25 heavy (non-hydrogen) atoms. The first-order valence-electron chi connectivity index (χ1n) is 8.72. The molecule has 1 heterocycles. The van der Waals surface area contributed by atoms with Gasteiger partial charge in [0, 0.05) is 0 Å². The van der Waals surface area contributed by atoms with Crippen molar-refractivity contribution >= 4 is 17.2 Å². The lowest BCUT2D eigenvalue weighted by molar-refractivity contribution is -0.890. The lowest BCUT2D eigenvalue weighted by Crippen LogP contribution is -3.06. The van der Waals surface area contributed by atoms with Gasteiger partial charge in [0.2, 0.25) is 0 Å². The molecule has 0 aliphatic rings. The zero-order chi connectivity index (χ0) is 18.4. The molecule has 2 rings (SSSR count). The van der Waals surface area contributed by atoms with Gasteiger partial charge in [0.15, 0.2) is 6.61 Å². The predicted molar refractivity (Wildman–Crippen MR) is 104 cm³/mol. The van der Waals surface area contributed by atoms with E-state index in [2.05, 4.69) is 56.8 Å². The molecule has 0 bridgehead atoms. The number of carbonyl (C=O) groups excluding carboxylic acids is 1. The molecule has 1 aromatic heterocycles. The number of likely N-dealkylation sites (N-methyl/N-ethyl adjacent to an activating group) is 1. The topological polar surface area (TPSA) is 42.8 Å². The van der Waals surface area contributed by atoms with E-state index in [0.717, 1.165) is 16.9 Å². The molecule has 1 aromatic carbocycles. The summed E-state index contributed by atoms with van der Waals surface area (Å²) in [7, 11) is 4.21. The van der Waals surface area contributed by atoms with Gasteiger partial charge in [-0.15, -0.1) is 11.3 Å². The van der Waals surface area contributed by atoms with Crippen LogP contribution in [-0.4, -0.2) is 33.2 Å². The highest BCUT2D eigenvalue weighted by atomic mass is 32.1. The Hall–Kier alpha value is -1.85. The predicted octanol–water partition coefficient (Wildman–Crippen LogP) is 2.56. The van der Waals surface area contributed by atoms with E-state index in [-0.39, 0.29) is 18.6 Å². The molecule has 0 unspecified atom stereocenters. The van der Waals surface area contributed by atoms with Crippen molar-refractivity contribution in [3.8, 4) is 5.75 Å². The molecule has 0 aliphatic carbocycles. The van der Waals surface area contributed by atoms with Gasteiger partial charge in [-0.2, -0.15) is 0 Å². The van der Waals surface area contributed by atoms with Crippen LogP contribution in [0.1, 0.15) is 41.8 Å². The fourth-order valence-electron chi connectivity index (χ4n) is 2.73. The van der Waals surface area contributed by atoms with Crippen molar-refractivity contribution in [3.63, 3.8) is 0 Å². The lowest BCUT2D eigenvalue weighted by atomic mass is 10.0. The highest BCUT2D eigenvalue weighted by molar-refractivity contribution is 7.10. The van der Waals surface area contributed by atoms with Crippen molar-refractivity contribution in [2.75, 3.05) is 27.2 Å². The zero-order valence-corrected chi connectivity index (χ0v) is 16.6. The second kappa shape index (κ2) is 9.02. The monoisotopic (exact) mass is 361 g/mol. The number of amides is 1. The Morgan fingerprint density at radius 1 is 1.28 bits per heavy atom. The molecule has 2 N–H and O–H groups in total. The molecular weight excluding hydrogens is 332 g/mol. The SMILES string of the molecule is Cc1ccc(C(C)C)c(OCC(=O)NC[C@H](c2cccs2)[NH+](C)C)c1. The lowest BCUT2D eigenvalue weighted by Gasteiger charge is -2.21. The zero-order valence-electron chi connectivity index (χ0n) is 15.8. The van der Waals surface area contributed by atoms with E-state index in [1.54, 1.807) is 11.3 Å². The Labute approximate surface area is 154 Å². The maximum absolute atomic E-state index is 12.2. The number of carbonyl (C=O) groups is 1. The molecule has 5 heteroatoms. The number of aryl methyl sites for hydroxylation is 1. The molecule has 2 aromatic rings. The van der Waals surface area contributed by atoms with E-state index in [9.17, 15) is 4.79 Å². The van der Waals surface area contributed by atoms with Gasteiger partial charge >= 0.3 is 0 Å². The standard InChI is InChI=1S/C20H28N2O2S/c1-14(2)16-9-8-15(3)11-18(16)24-13-20(23)21-12-17(22(4)5)19-7-6-10-25-19/h6-11,14,17H,12-13H2,1-5H3,(H,21,23)/p+1/t17-/m1/s1. The molecule has 4 nitrogen and oxygen atoms in total. The van der Waals surface area contributed by atoms with E-state index < -0.39 is 0 Å². The number of hydrogen-bond donors (Lipinski definition) is 2. The summed E-state index contributed by atoms with van der Waals surface area (Å²) >= 11 is 1.72. The van der Waals surface area contributed by atoms with Crippen molar-refractivity contribution in [1.82, 2.24) is 5.32 Å². The fraction of sp³-hybridized carbons (Fsp3) is 0.450. The van der Waals surface area contributed by atoms with Crippen LogP contribution >= 0.6 is 11.3 Å². The summed E-state index contributed by atoms with van der Waals surface area (Å²) < 4.78 is 5.81. The minimum Gasteiger partial charge on any atom is -0.483 e. The van der Waals surface area contributed by atoms with Crippen LogP contribution in [-0.2, 0) is 4.79 Å². The van der Waals surface area contributed by atoms with Crippen molar-refractivity contribution < 1.29 is 14.4 Å². The summed E-state index contributed by atoms with van der Waals surface area (Å²) in [6.45, 7) is 6.94. The third-order valence-corrected chi connectivity index (χ3v) is 5.22. The van der Waals surface area contributed by atoms with Gasteiger partial charge < -0.3 is 15.0 Å². The summed E-state index contributed by atoms with van der Waals surface area (Å²) in [5.41, 5.74) is 2.27. The number of ether oxygens (including phenoxy) is 1. The maximum atomic E-state index is 12.2. The van der Waals surface area contributed by atoms with E-state index in [1.165, 1.54) is 9.78 Å². The molecular formula is C20H29N2O2S+. The first kappa shape index (κ1) is 19.5. The van der Waals surface area contributed by atoms with E-state index in [0.29, 0.717) is 12.5 Å². The summed E-state index contributed by atoms with van der Waals surface area (Å²) in [6.07, 6.45) is 0. The van der Waals surface area contributed by atoms with E-state index in [1.807, 2.05) is 19.1 Å². The first-order chi connectivity index (χ1) is 11.9. The van der Waals surface area contributed by atoms with Gasteiger partial charge in [-0.3, -0.25) is 4.79 Å². The molecule has 0 saturated heterocycles. The Morgan fingerprint density at radius 3 is 2.64 bits per heavy atom. The van der Waals surface area contributed by atoms with Gasteiger partial charge in [-0.25, -0.2) is 0 Å². The second-order valence-electron chi connectivity index (χ2n) is 6.93. The van der Waals surface area contributed by atoms with Gasteiger partial charge in [0.25, 0.3) is 5.91 Å². The maximum Gasteiger partial charge on any atom is 0.258 e. The average molecular weight is 362 g/mol. The molecule has 0 saturated carbocycles. The first-order valence-corrected chi connectivity index (χ1v) is 9.60. The quantitative estimate of drug-likeness (QED) is 0.759. The van der Waals surface area contributed by atoms with Crippen LogP contribution < -0.4 is 15.0 Å². The Morgan fingerprint density at radius 2 is 2.04 bits per heavy atom. The number of thiophene rings is 1. The van der Waals surface area contributed by atoms with E-state index in [4.69, 9.17) is 4.74 Å². The summed E-state index contributed by atoms with van der Waals surface area (Å²) in [5.74, 6) is 1.08. The summed E-state index contributed by atoms with van der Waals surface area (Å²) in [4.78, 5) is 14.8. The number of benzene rings is 1. The number of rotatable bonds is 8. The van der Waals surface area contributed by atoms with Gasteiger partial charge in [-0.05, 0) is 41.5 Å². The molecule has 0 radical (unpaired) electrons. The number of hydrogen-bond acceptors (Lipinski definition) is 3. The Balaban J connectivity index is 1.92. The average Bonchev–Trinajstić information content (AvgIpc) is 3.06. The molecule has 0 spiro atoms. The molecule has 1 atom stereocenters. The second-order valence-corrected chi connectivity index (χ2v) is 7.91. The third-order valence-electron chi connectivity index (χ3n) is 4.24. The highest BCUT2D eigenvalue weighted by Crippen LogP contribution is 2.27. The van der Waals surface area contributed by atoms with Crippen LogP contribution in [0.15, 0.2) is 35.7 Å². The van der Waals surface area contributed by atoms with Crippen LogP contribution in [0.25, 0.3) is 0 Å². The smallest absolute Gasteiger partial charge is 0.258 e. The van der Waals surface area contributed by atoms with Gasteiger partial charge in [0.05, 0.1) is 25.5 Å². The van der Waals surface area contributed by atoms with Crippen molar-refractivity contribution in [2.24, 2.45) is 0 Å². The minimum atomic E-state index is -0.0842. The van der Waals surface area contributed by atoms with Crippen LogP contribution in [0.3, 0.4) is 0 Å². The molecule has 136 valence electrons. The van der Waals surface area contributed by atoms with Crippen LogP contribution in [0.5, 0.6) is 5.75 Å². The Bertz CT molecular complexity index is 681. The Kier molecular flexibility index (Phi) is 7.02. The van der Waals surface area contributed by atoms with Gasteiger partial charge in [-0.1, -0.05) is 32.0 Å². The van der Waals surface area contributed by atoms with E-state index >= 15 is 0 Å². The van der Waals surface area contributed by atoms with Gasteiger partial charge in [0.1, 0.15) is 11.8 Å². The van der Waals surface area contributed by atoms with Crippen LogP contribution in [0.4, 0.5) is 0 Å². The third kappa shape index (κ3) is 5.58. The van der Waals surface area contributed by atoms with Crippen molar-refractivity contribution in [3.05, 3.63) is 51.7 Å². The number of nitrogens with one attached hydrogen (secondary N) is 2. The fourth-order valence-corrected chi connectivity index (χ4v) is 3.69. The van der Waals surface area contributed by atoms with Crippen LogP contribution in [0, 0.1) is 6.92 Å². The molecule has 1 amide bonds. The molecule has 0 aliphatic heterocycles. The number of quaternary nitrogens is 1. The normalized spacial score (nSPS) is 12.4.